The summed E-state index contributed by atoms with van der Waals surface area (Å²) in [4.78, 5) is 5.83. The highest BCUT2D eigenvalue weighted by Crippen LogP contribution is 2.42. The highest BCUT2D eigenvalue weighted by molar-refractivity contribution is 7.19. The van der Waals surface area contributed by atoms with E-state index in [9.17, 15) is 0 Å². The van der Waals surface area contributed by atoms with Gasteiger partial charge in [0, 0.05) is 32.5 Å². The predicted octanol–water partition coefficient (Wildman–Crippen LogP) is 10.3. The molecular formula is C53H37N3Si. The Morgan fingerprint density at radius 1 is 0.351 bits per heavy atom. The van der Waals surface area contributed by atoms with E-state index in [1.54, 1.807) is 0 Å². The van der Waals surface area contributed by atoms with Gasteiger partial charge in [0.05, 0.1) is 22.1 Å². The molecule has 0 bridgehead atoms. The molecule has 0 aliphatic rings. The summed E-state index contributed by atoms with van der Waals surface area (Å²) in [6, 6.07) is 81.6. The molecule has 3 aromatic heterocycles. The van der Waals surface area contributed by atoms with Gasteiger partial charge in [-0.25, -0.2) is 4.98 Å². The third-order valence-corrected chi connectivity index (χ3v) is 16.3. The first kappa shape index (κ1) is 33.1. The van der Waals surface area contributed by atoms with E-state index in [0.29, 0.717) is 0 Å². The van der Waals surface area contributed by atoms with Gasteiger partial charge in [-0.15, -0.1) is 0 Å². The molecule has 0 aliphatic heterocycles. The highest BCUT2D eigenvalue weighted by Gasteiger charge is 2.43. The maximum atomic E-state index is 5.83. The van der Waals surface area contributed by atoms with Crippen LogP contribution in [-0.2, 0) is 0 Å². The van der Waals surface area contributed by atoms with Crippen molar-refractivity contribution in [3.8, 4) is 22.6 Å². The van der Waals surface area contributed by atoms with E-state index >= 15 is 0 Å². The van der Waals surface area contributed by atoms with Gasteiger partial charge in [0.2, 0.25) is 8.07 Å². The molecule has 0 fully saturated rings. The average molecular weight is 744 g/mol. The number of para-hydroxylation sites is 2. The summed E-state index contributed by atoms with van der Waals surface area (Å²) in [5.41, 5.74) is 8.17. The third kappa shape index (κ3) is 5.15. The second kappa shape index (κ2) is 13.5. The minimum absolute atomic E-state index is 0.911. The second-order valence-corrected chi connectivity index (χ2v) is 18.5. The SMILES string of the molecule is c1ccc(-c2cccc(-n3c4ccccc4c4c3ccc3c5ccccc5n(-c5cccc([Si](c6ccccc6)(c6ccccc6)c6ccccc6)n5)c34)c2)cc1. The number of aromatic nitrogens is 3. The van der Waals surface area contributed by atoms with Crippen LogP contribution in [0.25, 0.3) is 66.2 Å². The quantitative estimate of drug-likeness (QED) is 0.118. The molecule has 0 saturated heterocycles. The summed E-state index contributed by atoms with van der Waals surface area (Å²) < 4.78 is 4.86. The topological polar surface area (TPSA) is 22.8 Å². The number of hydrogen-bond donors (Lipinski definition) is 0. The lowest BCUT2D eigenvalue weighted by atomic mass is 10.1. The molecule has 268 valence electrons. The molecule has 57 heavy (non-hydrogen) atoms. The van der Waals surface area contributed by atoms with Crippen molar-refractivity contribution in [1.82, 2.24) is 14.1 Å². The first-order valence-corrected chi connectivity index (χ1v) is 21.6. The summed E-state index contributed by atoms with van der Waals surface area (Å²) in [5.74, 6) is 0.911. The fourth-order valence-corrected chi connectivity index (χ4v) is 13.8. The van der Waals surface area contributed by atoms with Gasteiger partial charge in [0.15, 0.2) is 0 Å². The number of rotatable bonds is 7. The van der Waals surface area contributed by atoms with Gasteiger partial charge in [-0.3, -0.25) is 4.57 Å². The molecule has 0 aliphatic carbocycles. The minimum Gasteiger partial charge on any atom is -0.309 e. The number of fused-ring (bicyclic) bond motifs is 7. The lowest BCUT2D eigenvalue weighted by Gasteiger charge is -2.33. The lowest BCUT2D eigenvalue weighted by molar-refractivity contribution is 1.10. The van der Waals surface area contributed by atoms with Crippen LogP contribution in [0.4, 0.5) is 0 Å². The smallest absolute Gasteiger partial charge is 0.201 e. The standard InChI is InChI=1S/C53H37N3Si/c1-5-19-38(20-6-1)39-21-17-22-40(37-39)55-48-32-16-14-30-46(48)52-49(55)36-35-45-44-29-13-15-31-47(44)56(53(45)52)50-33-18-34-51(54-50)57(41-23-7-2-8-24-41,42-25-9-3-10-26-42)43-27-11-4-12-28-43/h1-37H. The predicted molar refractivity (Wildman–Crippen MR) is 242 cm³/mol. The Labute approximate surface area is 332 Å². The Morgan fingerprint density at radius 2 is 0.877 bits per heavy atom. The van der Waals surface area contributed by atoms with E-state index in [2.05, 4.69) is 234 Å². The fraction of sp³-hybridized carbons (Fsp3) is 0. The molecule has 0 atom stereocenters. The van der Waals surface area contributed by atoms with Crippen LogP contribution in [0.2, 0.25) is 0 Å². The summed E-state index contributed by atoms with van der Waals surface area (Å²) in [7, 11) is -2.88. The van der Waals surface area contributed by atoms with E-state index in [1.807, 2.05) is 0 Å². The fourth-order valence-electron chi connectivity index (χ4n) is 9.24. The molecular weight excluding hydrogens is 707 g/mol. The van der Waals surface area contributed by atoms with Crippen molar-refractivity contribution >= 4 is 72.6 Å². The van der Waals surface area contributed by atoms with Crippen LogP contribution in [-0.4, -0.2) is 22.2 Å². The van der Waals surface area contributed by atoms with Crippen molar-refractivity contribution in [2.45, 2.75) is 0 Å². The van der Waals surface area contributed by atoms with E-state index in [0.717, 1.165) is 27.9 Å². The Bertz CT molecular complexity index is 3130. The van der Waals surface area contributed by atoms with E-state index < -0.39 is 8.07 Å². The van der Waals surface area contributed by atoms with Gasteiger partial charge < -0.3 is 4.57 Å². The third-order valence-electron chi connectivity index (χ3n) is 11.6. The summed E-state index contributed by atoms with van der Waals surface area (Å²) in [5, 5.41) is 9.86. The lowest BCUT2D eigenvalue weighted by Crippen LogP contribution is -2.75. The van der Waals surface area contributed by atoms with Crippen molar-refractivity contribution in [1.29, 1.82) is 0 Å². The maximum Gasteiger partial charge on any atom is 0.201 e. The zero-order valence-corrected chi connectivity index (χ0v) is 32.2. The normalized spacial score (nSPS) is 11.9. The second-order valence-electron chi connectivity index (χ2n) is 14.7. The first-order chi connectivity index (χ1) is 28.3. The van der Waals surface area contributed by atoms with Gasteiger partial charge in [-0.2, -0.15) is 0 Å². The summed E-state index contributed by atoms with van der Waals surface area (Å²) in [6.07, 6.45) is 0. The van der Waals surface area contributed by atoms with Gasteiger partial charge >= 0.3 is 0 Å². The first-order valence-electron chi connectivity index (χ1n) is 19.6. The molecule has 0 radical (unpaired) electrons. The largest absolute Gasteiger partial charge is 0.309 e. The number of nitrogens with zero attached hydrogens (tertiary/aromatic N) is 3. The van der Waals surface area contributed by atoms with Crippen LogP contribution in [0.3, 0.4) is 0 Å². The maximum absolute atomic E-state index is 5.83. The van der Waals surface area contributed by atoms with Crippen LogP contribution in [0, 0.1) is 0 Å². The zero-order chi connectivity index (χ0) is 37.8. The van der Waals surface area contributed by atoms with Gasteiger partial charge in [-0.05, 0) is 69.2 Å². The number of benzene rings is 8. The van der Waals surface area contributed by atoms with E-state index in [-0.39, 0.29) is 0 Å². The average Bonchev–Trinajstić information content (AvgIpc) is 3.81. The van der Waals surface area contributed by atoms with Gasteiger partial charge in [0.1, 0.15) is 5.82 Å². The van der Waals surface area contributed by atoms with Crippen molar-refractivity contribution in [3.63, 3.8) is 0 Å². The number of hydrogen-bond acceptors (Lipinski definition) is 1. The molecule has 3 heterocycles. The molecule has 0 unspecified atom stereocenters. The van der Waals surface area contributed by atoms with Crippen molar-refractivity contribution in [3.05, 3.63) is 224 Å². The molecule has 0 amide bonds. The summed E-state index contributed by atoms with van der Waals surface area (Å²) in [6.45, 7) is 0. The highest BCUT2D eigenvalue weighted by atomic mass is 28.3. The molecule has 0 saturated carbocycles. The molecule has 0 N–H and O–H groups in total. The Morgan fingerprint density at radius 3 is 1.53 bits per heavy atom. The van der Waals surface area contributed by atoms with E-state index in [4.69, 9.17) is 4.98 Å². The van der Waals surface area contributed by atoms with Crippen molar-refractivity contribution in [2.75, 3.05) is 0 Å². The van der Waals surface area contributed by atoms with E-state index in [1.165, 1.54) is 59.3 Å². The zero-order valence-electron chi connectivity index (χ0n) is 31.2. The number of pyridine rings is 1. The monoisotopic (exact) mass is 743 g/mol. The molecule has 4 heteroatoms. The molecule has 11 rings (SSSR count). The van der Waals surface area contributed by atoms with Crippen molar-refractivity contribution < 1.29 is 0 Å². The van der Waals surface area contributed by atoms with Crippen molar-refractivity contribution in [2.24, 2.45) is 0 Å². The van der Waals surface area contributed by atoms with Crippen LogP contribution < -0.4 is 20.9 Å². The Hall–Kier alpha value is -7.27. The van der Waals surface area contributed by atoms with Gasteiger partial charge in [-0.1, -0.05) is 182 Å². The van der Waals surface area contributed by atoms with Gasteiger partial charge in [0.25, 0.3) is 0 Å². The van der Waals surface area contributed by atoms with Crippen LogP contribution >= 0.6 is 0 Å². The molecule has 0 spiro atoms. The molecule has 11 aromatic rings. The minimum atomic E-state index is -2.88. The molecule has 8 aromatic carbocycles. The summed E-state index contributed by atoms with van der Waals surface area (Å²) >= 11 is 0. The van der Waals surface area contributed by atoms with Crippen LogP contribution in [0.5, 0.6) is 0 Å². The Kier molecular flexibility index (Phi) is 7.83. The Balaban J connectivity index is 1.23. The molecule has 3 nitrogen and oxygen atoms in total. The van der Waals surface area contributed by atoms with Crippen LogP contribution in [0.15, 0.2) is 224 Å². The van der Waals surface area contributed by atoms with Crippen LogP contribution in [0.1, 0.15) is 0 Å².